The third-order valence-corrected chi connectivity index (χ3v) is 8.84. The summed E-state index contributed by atoms with van der Waals surface area (Å²) >= 11 is 12.3. The molecule has 41 heavy (non-hydrogen) atoms. The van der Waals surface area contributed by atoms with Gasteiger partial charge in [-0.25, -0.2) is 4.79 Å². The van der Waals surface area contributed by atoms with Gasteiger partial charge in [0.25, 0.3) is 5.91 Å². The largest absolute Gasteiger partial charge is 0.467 e. The molecule has 1 saturated carbocycles. The molecule has 218 valence electrons. The highest BCUT2D eigenvalue weighted by Crippen LogP contribution is 2.56. The number of rotatable bonds is 10. The van der Waals surface area contributed by atoms with Crippen molar-refractivity contribution in [1.82, 2.24) is 10.6 Å². The Morgan fingerprint density at radius 2 is 1.71 bits per heavy atom. The fraction of sp³-hybridized carbons (Fsp3) is 0.433. The summed E-state index contributed by atoms with van der Waals surface area (Å²) < 4.78 is 4.96. The number of nitrogens with zero attached hydrogens (tertiary/aromatic N) is 1. The molecule has 0 spiro atoms. The highest BCUT2D eigenvalue weighted by Gasteiger charge is 2.58. The molecule has 0 aliphatic heterocycles. The van der Waals surface area contributed by atoms with Gasteiger partial charge in [-0.3, -0.25) is 14.4 Å². The summed E-state index contributed by atoms with van der Waals surface area (Å²) in [6.45, 7) is 5.84. The van der Waals surface area contributed by atoms with Crippen LogP contribution in [0.5, 0.6) is 0 Å². The lowest BCUT2D eigenvalue weighted by Crippen LogP contribution is -2.52. The molecule has 0 radical (unpaired) electrons. The second-order valence-electron chi connectivity index (χ2n) is 10.8. The molecule has 1 aliphatic carbocycles. The number of hydrogen-bond acceptors (Lipinski definition) is 6. The second-order valence-corrected chi connectivity index (χ2v) is 11.7. The first-order chi connectivity index (χ1) is 19.3. The molecular weight excluding hydrogens is 567 g/mol. The Kier molecular flexibility index (Phi) is 10.4. The molecule has 11 heteroatoms. The molecule has 3 N–H and O–H groups in total. The predicted octanol–water partition coefficient (Wildman–Crippen LogP) is 4.92. The molecule has 0 unspecified atom stereocenters. The number of ether oxygens (including phenoxy) is 1. The molecule has 3 amide bonds. The molecule has 2 aromatic rings. The van der Waals surface area contributed by atoms with Crippen molar-refractivity contribution in [2.75, 3.05) is 19.0 Å². The van der Waals surface area contributed by atoms with E-state index in [1.165, 1.54) is 7.11 Å². The van der Waals surface area contributed by atoms with E-state index in [-0.39, 0.29) is 46.8 Å². The smallest absolute Gasteiger partial charge is 0.328 e. The Bertz CT molecular complexity index is 1340. The minimum Gasteiger partial charge on any atom is -0.467 e. The summed E-state index contributed by atoms with van der Waals surface area (Å²) in [6.07, 6.45) is 1.32. The molecule has 1 aliphatic rings. The van der Waals surface area contributed by atoms with E-state index in [2.05, 4.69) is 16.0 Å². The maximum Gasteiger partial charge on any atom is 0.328 e. The monoisotopic (exact) mass is 600 g/mol. The zero-order valence-corrected chi connectivity index (χ0v) is 25.0. The molecule has 0 saturated heterocycles. The van der Waals surface area contributed by atoms with Gasteiger partial charge in [-0.1, -0.05) is 62.2 Å². The topological polar surface area (TPSA) is 137 Å². The van der Waals surface area contributed by atoms with Gasteiger partial charge in [0.2, 0.25) is 11.8 Å². The third kappa shape index (κ3) is 7.00. The van der Waals surface area contributed by atoms with Gasteiger partial charge in [-0.2, -0.15) is 5.26 Å². The highest BCUT2D eigenvalue weighted by molar-refractivity contribution is 6.40. The van der Waals surface area contributed by atoms with E-state index < -0.39 is 34.7 Å². The van der Waals surface area contributed by atoms with E-state index in [4.69, 9.17) is 33.2 Å². The zero-order chi connectivity index (χ0) is 30.4. The number of nitriles is 1. The van der Waals surface area contributed by atoms with Crippen LogP contribution in [0, 0.1) is 28.1 Å². The van der Waals surface area contributed by atoms with Crippen LogP contribution >= 0.6 is 23.2 Å². The molecule has 3 rings (SSSR count). The standard InChI is InChI=1S/C30H34Cl2N4O5/c1-29(2)20(13-14-30(29,3)28(40)34-16-6-15-33)25(37)36-23(27(39)41-4)17-18-9-11-19(12-10-18)35-26(38)24-21(31)7-5-8-22(24)32/h5,7-12,20,23H,6,13-14,16-17H2,1-4H3,(H,34,40)(H,35,38)(H,36,37)/t20-,23+,30+/m1/s1. The van der Waals surface area contributed by atoms with Crippen LogP contribution in [-0.2, 0) is 25.5 Å². The first-order valence-corrected chi connectivity index (χ1v) is 14.0. The zero-order valence-electron chi connectivity index (χ0n) is 23.5. The van der Waals surface area contributed by atoms with Crippen molar-refractivity contribution in [3.63, 3.8) is 0 Å². The van der Waals surface area contributed by atoms with E-state index in [1.807, 2.05) is 26.8 Å². The van der Waals surface area contributed by atoms with Gasteiger partial charge in [-0.05, 0) is 48.1 Å². The Labute approximate surface area is 249 Å². The van der Waals surface area contributed by atoms with Crippen LogP contribution in [0.15, 0.2) is 42.5 Å². The summed E-state index contributed by atoms with van der Waals surface area (Å²) in [6, 6.07) is 12.6. The van der Waals surface area contributed by atoms with Crippen molar-refractivity contribution in [3.05, 3.63) is 63.6 Å². The lowest BCUT2D eigenvalue weighted by molar-refractivity contribution is -0.147. The number of carbonyl (C=O) groups excluding carboxylic acids is 4. The number of esters is 1. The van der Waals surface area contributed by atoms with E-state index in [9.17, 15) is 19.2 Å². The normalized spacial score (nSPS) is 19.9. The van der Waals surface area contributed by atoms with Gasteiger partial charge in [0, 0.05) is 24.6 Å². The maximum atomic E-state index is 13.5. The van der Waals surface area contributed by atoms with Gasteiger partial charge in [0.15, 0.2) is 0 Å². The Balaban J connectivity index is 1.69. The summed E-state index contributed by atoms with van der Waals surface area (Å²) in [5, 5.41) is 17.6. The minimum absolute atomic E-state index is 0.155. The maximum absolute atomic E-state index is 13.5. The fourth-order valence-corrected chi connectivity index (χ4v) is 5.84. The molecule has 3 atom stereocenters. The number of halogens is 2. The fourth-order valence-electron chi connectivity index (χ4n) is 5.27. The Morgan fingerprint density at radius 1 is 1.07 bits per heavy atom. The van der Waals surface area contributed by atoms with Gasteiger partial charge >= 0.3 is 5.97 Å². The number of nitrogens with one attached hydrogen (secondary N) is 3. The van der Waals surface area contributed by atoms with Crippen molar-refractivity contribution in [1.29, 1.82) is 5.26 Å². The predicted molar refractivity (Wildman–Crippen MR) is 156 cm³/mol. The van der Waals surface area contributed by atoms with Gasteiger partial charge in [-0.15, -0.1) is 0 Å². The summed E-state index contributed by atoms with van der Waals surface area (Å²) in [5.41, 5.74) is -0.146. The average molecular weight is 602 g/mol. The molecule has 1 fully saturated rings. The van der Waals surface area contributed by atoms with Crippen molar-refractivity contribution in [3.8, 4) is 6.07 Å². The van der Waals surface area contributed by atoms with Crippen molar-refractivity contribution in [2.45, 2.75) is 52.5 Å². The first kappa shape index (κ1) is 31.9. The molecule has 9 nitrogen and oxygen atoms in total. The van der Waals surface area contributed by atoms with Crippen LogP contribution in [-0.4, -0.2) is 43.4 Å². The number of anilines is 1. The van der Waals surface area contributed by atoms with E-state index in [0.29, 0.717) is 18.5 Å². The molecule has 2 aromatic carbocycles. The van der Waals surface area contributed by atoms with Crippen LogP contribution in [0.25, 0.3) is 0 Å². The Morgan fingerprint density at radius 3 is 2.29 bits per heavy atom. The van der Waals surface area contributed by atoms with E-state index in [1.54, 1.807) is 42.5 Å². The van der Waals surface area contributed by atoms with Gasteiger partial charge in [0.1, 0.15) is 6.04 Å². The van der Waals surface area contributed by atoms with E-state index in [0.717, 1.165) is 5.56 Å². The number of methoxy groups -OCH3 is 1. The summed E-state index contributed by atoms with van der Waals surface area (Å²) in [4.78, 5) is 51.7. The number of carbonyl (C=O) groups is 4. The van der Waals surface area contributed by atoms with Crippen LogP contribution in [0.1, 0.15) is 56.0 Å². The minimum atomic E-state index is -0.956. The molecule has 0 heterocycles. The van der Waals surface area contributed by atoms with Crippen molar-refractivity contribution in [2.24, 2.45) is 16.7 Å². The quantitative estimate of drug-likeness (QED) is 0.261. The van der Waals surface area contributed by atoms with Crippen molar-refractivity contribution < 1.29 is 23.9 Å². The molecule has 0 bridgehead atoms. The molecular formula is C30H34Cl2N4O5. The van der Waals surface area contributed by atoms with Crippen molar-refractivity contribution >= 4 is 52.6 Å². The molecule has 0 aromatic heterocycles. The van der Waals surface area contributed by atoms with Crippen LogP contribution in [0.3, 0.4) is 0 Å². The average Bonchev–Trinajstić information content (AvgIpc) is 3.18. The number of benzene rings is 2. The second kappa shape index (κ2) is 13.4. The highest BCUT2D eigenvalue weighted by atomic mass is 35.5. The van der Waals surface area contributed by atoms with Gasteiger partial charge in [0.05, 0.1) is 40.6 Å². The number of amides is 3. The van der Waals surface area contributed by atoms with Gasteiger partial charge < -0.3 is 20.7 Å². The summed E-state index contributed by atoms with van der Waals surface area (Å²) in [7, 11) is 1.25. The SMILES string of the molecule is COC(=O)[C@H](Cc1ccc(NC(=O)c2c(Cl)cccc2Cl)cc1)NC(=O)[C@H]1CC[C@@](C)(C(=O)NCCC#N)C1(C)C. The third-order valence-electron chi connectivity index (χ3n) is 8.21. The summed E-state index contributed by atoms with van der Waals surface area (Å²) in [5.74, 6) is -2.11. The lowest BCUT2D eigenvalue weighted by Gasteiger charge is -2.40. The van der Waals surface area contributed by atoms with E-state index >= 15 is 0 Å². The van der Waals surface area contributed by atoms with Crippen LogP contribution in [0.4, 0.5) is 5.69 Å². The Hall–Kier alpha value is -3.61. The van der Waals surface area contributed by atoms with Crippen LogP contribution in [0.2, 0.25) is 10.0 Å². The number of hydrogen-bond donors (Lipinski definition) is 3. The van der Waals surface area contributed by atoms with Crippen LogP contribution < -0.4 is 16.0 Å². The first-order valence-electron chi connectivity index (χ1n) is 13.2. The lowest BCUT2D eigenvalue weighted by atomic mass is 9.65.